The Morgan fingerprint density at radius 3 is 2.48 bits per heavy atom. The van der Waals surface area contributed by atoms with Crippen molar-refractivity contribution in [1.29, 1.82) is 0 Å². The van der Waals surface area contributed by atoms with Crippen LogP contribution in [0.3, 0.4) is 0 Å². The van der Waals surface area contributed by atoms with Crippen molar-refractivity contribution in [3.05, 3.63) is 64.5 Å². The standard InChI is InChI=1S/C22H26N2O3/c1-14-19(22(26)27-4)15(2)23-20(14)21(25)16(3)24-12-10-18(11-13-24)17-8-6-5-7-9-17/h5-10,16,23H,11-13H2,1-4H3. The molecule has 5 nitrogen and oxygen atoms in total. The van der Waals surface area contributed by atoms with E-state index in [2.05, 4.69) is 28.1 Å². The SMILES string of the molecule is COC(=O)c1c(C)[nH]c(C(=O)C(C)N2CC=C(c3ccccc3)CC2)c1C. The van der Waals surface area contributed by atoms with Crippen LogP contribution in [0, 0.1) is 13.8 Å². The van der Waals surface area contributed by atoms with Crippen LogP contribution in [-0.2, 0) is 4.74 Å². The molecule has 1 N–H and O–H groups in total. The Balaban J connectivity index is 1.76. The van der Waals surface area contributed by atoms with Crippen molar-refractivity contribution in [2.24, 2.45) is 0 Å². The van der Waals surface area contributed by atoms with Gasteiger partial charge >= 0.3 is 5.97 Å². The monoisotopic (exact) mass is 366 g/mol. The minimum absolute atomic E-state index is 0.00214. The fraction of sp³-hybridized carbons (Fsp3) is 0.364. The number of methoxy groups -OCH3 is 1. The van der Waals surface area contributed by atoms with Crippen molar-refractivity contribution >= 4 is 17.3 Å². The average Bonchev–Trinajstić information content (AvgIpc) is 3.01. The molecule has 0 spiro atoms. The molecule has 0 saturated carbocycles. The van der Waals surface area contributed by atoms with Gasteiger partial charge in [-0.2, -0.15) is 0 Å². The maximum absolute atomic E-state index is 13.0. The zero-order valence-electron chi connectivity index (χ0n) is 16.3. The third-order valence-corrected chi connectivity index (χ3v) is 5.39. The first kappa shape index (κ1) is 19.1. The fourth-order valence-corrected chi connectivity index (χ4v) is 3.73. The van der Waals surface area contributed by atoms with E-state index in [0.717, 1.165) is 19.5 Å². The molecule has 2 heterocycles. The van der Waals surface area contributed by atoms with E-state index < -0.39 is 5.97 Å². The number of ether oxygens (including phenoxy) is 1. The van der Waals surface area contributed by atoms with Crippen molar-refractivity contribution in [1.82, 2.24) is 9.88 Å². The summed E-state index contributed by atoms with van der Waals surface area (Å²) in [7, 11) is 1.35. The molecule has 0 bridgehead atoms. The maximum Gasteiger partial charge on any atom is 0.339 e. The second-order valence-corrected chi connectivity index (χ2v) is 7.00. The number of ketones is 1. The van der Waals surface area contributed by atoms with E-state index in [1.165, 1.54) is 18.2 Å². The maximum atomic E-state index is 13.0. The van der Waals surface area contributed by atoms with Crippen LogP contribution >= 0.6 is 0 Å². The minimum Gasteiger partial charge on any atom is -0.465 e. The first-order valence-electron chi connectivity index (χ1n) is 9.24. The predicted molar refractivity (Wildman–Crippen MR) is 106 cm³/mol. The lowest BCUT2D eigenvalue weighted by Gasteiger charge is -2.31. The van der Waals surface area contributed by atoms with Crippen LogP contribution in [0.5, 0.6) is 0 Å². The van der Waals surface area contributed by atoms with E-state index in [1.807, 2.05) is 25.1 Å². The Bertz CT molecular complexity index is 880. The molecule has 1 aromatic heterocycles. The van der Waals surface area contributed by atoms with Crippen LogP contribution in [-0.4, -0.2) is 47.9 Å². The molecule has 1 atom stereocenters. The highest BCUT2D eigenvalue weighted by Gasteiger charge is 2.29. The van der Waals surface area contributed by atoms with Crippen molar-refractivity contribution in [2.45, 2.75) is 33.2 Å². The second-order valence-electron chi connectivity index (χ2n) is 7.00. The molecule has 27 heavy (non-hydrogen) atoms. The number of H-pyrrole nitrogens is 1. The number of aromatic amines is 1. The molecule has 1 unspecified atom stereocenters. The number of aromatic nitrogens is 1. The van der Waals surface area contributed by atoms with Crippen LogP contribution < -0.4 is 0 Å². The van der Waals surface area contributed by atoms with E-state index in [1.54, 1.807) is 13.8 Å². The summed E-state index contributed by atoms with van der Waals surface area (Å²) in [6.45, 7) is 7.07. The summed E-state index contributed by atoms with van der Waals surface area (Å²) in [5.41, 5.74) is 4.85. The van der Waals surface area contributed by atoms with E-state index in [0.29, 0.717) is 22.5 Å². The Morgan fingerprint density at radius 2 is 1.89 bits per heavy atom. The van der Waals surface area contributed by atoms with Gasteiger partial charge in [0.25, 0.3) is 0 Å². The van der Waals surface area contributed by atoms with Crippen molar-refractivity contribution in [2.75, 3.05) is 20.2 Å². The van der Waals surface area contributed by atoms with Gasteiger partial charge in [0.2, 0.25) is 0 Å². The first-order chi connectivity index (χ1) is 12.9. The summed E-state index contributed by atoms with van der Waals surface area (Å²) in [6.07, 6.45) is 3.12. The highest BCUT2D eigenvalue weighted by molar-refractivity contribution is 6.03. The summed E-state index contributed by atoms with van der Waals surface area (Å²) in [6, 6.07) is 10.1. The van der Waals surface area contributed by atoms with E-state index in [9.17, 15) is 9.59 Å². The van der Waals surface area contributed by atoms with E-state index >= 15 is 0 Å². The zero-order valence-corrected chi connectivity index (χ0v) is 16.3. The molecular formula is C22H26N2O3. The third kappa shape index (κ3) is 3.74. The number of aryl methyl sites for hydroxylation is 1. The predicted octanol–water partition coefficient (Wildman–Crippen LogP) is 3.78. The number of nitrogens with zero attached hydrogens (tertiary/aromatic N) is 1. The Labute approximate surface area is 160 Å². The molecule has 1 aliphatic heterocycles. The molecule has 2 aromatic rings. The van der Waals surface area contributed by atoms with Crippen LogP contribution in [0.1, 0.15) is 51.0 Å². The largest absolute Gasteiger partial charge is 0.465 e. The topological polar surface area (TPSA) is 62.4 Å². The van der Waals surface area contributed by atoms with E-state index in [4.69, 9.17) is 4.74 Å². The molecule has 0 amide bonds. The van der Waals surface area contributed by atoms with Crippen LogP contribution in [0.25, 0.3) is 5.57 Å². The Hall–Kier alpha value is -2.66. The van der Waals surface area contributed by atoms with Gasteiger partial charge in [-0.3, -0.25) is 9.69 Å². The molecule has 1 aromatic carbocycles. The first-order valence-corrected chi connectivity index (χ1v) is 9.24. The zero-order chi connectivity index (χ0) is 19.6. The number of carbonyl (C=O) groups excluding carboxylic acids is 2. The molecule has 3 rings (SSSR count). The Kier molecular flexibility index (Phi) is 5.61. The van der Waals surface area contributed by atoms with Gasteiger partial charge in [0.05, 0.1) is 24.4 Å². The van der Waals surface area contributed by atoms with Gasteiger partial charge in [0, 0.05) is 18.8 Å². The number of carbonyl (C=O) groups is 2. The molecule has 0 aliphatic carbocycles. The number of nitrogens with one attached hydrogen (secondary N) is 1. The normalized spacial score (nSPS) is 15.9. The lowest BCUT2D eigenvalue weighted by molar-refractivity contribution is 0.0599. The average molecular weight is 366 g/mol. The van der Waals surface area contributed by atoms with Gasteiger partial charge in [-0.05, 0) is 43.9 Å². The summed E-state index contributed by atoms with van der Waals surface area (Å²) < 4.78 is 4.83. The van der Waals surface area contributed by atoms with Gasteiger partial charge in [-0.1, -0.05) is 36.4 Å². The van der Waals surface area contributed by atoms with Gasteiger partial charge in [0.15, 0.2) is 5.78 Å². The lowest BCUT2D eigenvalue weighted by Crippen LogP contribution is -2.41. The number of Topliss-reactive ketones (excluding diaryl/α,β-unsaturated/α-hetero) is 1. The summed E-state index contributed by atoms with van der Waals surface area (Å²) in [5, 5.41) is 0. The van der Waals surface area contributed by atoms with Gasteiger partial charge in [-0.25, -0.2) is 4.79 Å². The third-order valence-electron chi connectivity index (χ3n) is 5.39. The molecule has 5 heteroatoms. The van der Waals surface area contributed by atoms with Crippen LogP contribution in [0.4, 0.5) is 0 Å². The lowest BCUT2D eigenvalue weighted by atomic mass is 9.97. The highest BCUT2D eigenvalue weighted by atomic mass is 16.5. The number of hydrogen-bond acceptors (Lipinski definition) is 4. The van der Waals surface area contributed by atoms with Gasteiger partial charge in [-0.15, -0.1) is 0 Å². The fourth-order valence-electron chi connectivity index (χ4n) is 3.73. The highest BCUT2D eigenvalue weighted by Crippen LogP contribution is 2.25. The smallest absolute Gasteiger partial charge is 0.339 e. The summed E-state index contributed by atoms with van der Waals surface area (Å²) in [4.78, 5) is 30.3. The number of benzene rings is 1. The number of esters is 1. The molecular weight excluding hydrogens is 340 g/mol. The van der Waals surface area contributed by atoms with Crippen LogP contribution in [0.2, 0.25) is 0 Å². The summed E-state index contributed by atoms with van der Waals surface area (Å²) >= 11 is 0. The number of rotatable bonds is 5. The molecule has 0 saturated heterocycles. The second kappa shape index (κ2) is 7.92. The quantitative estimate of drug-likeness (QED) is 0.646. The summed E-state index contributed by atoms with van der Waals surface area (Å²) in [5.74, 6) is -0.413. The molecule has 1 aliphatic rings. The molecule has 0 fully saturated rings. The molecule has 0 radical (unpaired) electrons. The van der Waals surface area contributed by atoms with Crippen molar-refractivity contribution < 1.29 is 14.3 Å². The van der Waals surface area contributed by atoms with Crippen molar-refractivity contribution in [3.8, 4) is 0 Å². The van der Waals surface area contributed by atoms with Gasteiger partial charge < -0.3 is 9.72 Å². The minimum atomic E-state index is -0.415. The number of hydrogen-bond donors (Lipinski definition) is 1. The van der Waals surface area contributed by atoms with Gasteiger partial charge in [0.1, 0.15) is 0 Å². The van der Waals surface area contributed by atoms with Crippen molar-refractivity contribution in [3.63, 3.8) is 0 Å². The Morgan fingerprint density at radius 1 is 1.19 bits per heavy atom. The van der Waals surface area contributed by atoms with Crippen LogP contribution in [0.15, 0.2) is 36.4 Å². The van der Waals surface area contributed by atoms with E-state index in [-0.39, 0.29) is 11.8 Å². The molecule has 142 valence electrons.